The number of hydrogen-bond acceptors (Lipinski definition) is 6. The zero-order valence-electron chi connectivity index (χ0n) is 21.0. The fraction of sp³-hybridized carbons (Fsp3) is 0.360. The Balaban J connectivity index is 0.000000196. The van der Waals surface area contributed by atoms with Crippen molar-refractivity contribution in [1.82, 2.24) is 41.2 Å². The van der Waals surface area contributed by atoms with Crippen LogP contribution in [0.2, 0.25) is 0 Å². The molecule has 11 heteroatoms. The Kier molecular flexibility index (Phi) is 8.95. The van der Waals surface area contributed by atoms with Crippen molar-refractivity contribution in [1.29, 1.82) is 0 Å². The average molecular weight is 540 g/mol. The van der Waals surface area contributed by atoms with Crippen molar-refractivity contribution in [3.8, 4) is 0 Å². The number of aromatic nitrogens is 4. The number of benzene rings is 2. The first-order chi connectivity index (χ1) is 16.9. The summed E-state index contributed by atoms with van der Waals surface area (Å²) in [5.41, 5.74) is 2.99. The van der Waals surface area contributed by atoms with Gasteiger partial charge in [0.25, 0.3) is 0 Å². The molecule has 10 nitrogen and oxygen atoms in total. The Hall–Kier alpha value is -3.14. The topological polar surface area (TPSA) is 136 Å². The Bertz CT molecular complexity index is 1270. The number of rotatable bonds is 7. The molecule has 2 aromatic heterocycles. The molecule has 3 atom stereocenters. The van der Waals surface area contributed by atoms with E-state index in [2.05, 4.69) is 41.2 Å². The minimum absolute atomic E-state index is 0. The van der Waals surface area contributed by atoms with E-state index < -0.39 is 5.54 Å². The van der Waals surface area contributed by atoms with E-state index in [1.165, 1.54) is 0 Å². The van der Waals surface area contributed by atoms with E-state index in [4.69, 9.17) is 0 Å². The molecule has 1 aliphatic rings. The first kappa shape index (κ1) is 27.5. The number of imidazole rings is 2. The van der Waals surface area contributed by atoms with Crippen molar-refractivity contribution < 1.29 is 29.1 Å². The van der Waals surface area contributed by atoms with Crippen molar-refractivity contribution >= 4 is 33.9 Å². The van der Waals surface area contributed by atoms with E-state index in [1.807, 2.05) is 48.5 Å². The largest absolute Gasteiger partial charge is 2.00 e. The summed E-state index contributed by atoms with van der Waals surface area (Å²) < 4.78 is 0. The van der Waals surface area contributed by atoms with Gasteiger partial charge in [0.1, 0.15) is 5.54 Å². The summed E-state index contributed by atoms with van der Waals surface area (Å²) in [4.78, 5) is 41.2. The molecule has 5 rings (SSSR count). The minimum atomic E-state index is -0.529. The predicted molar refractivity (Wildman–Crippen MR) is 134 cm³/mol. The van der Waals surface area contributed by atoms with Gasteiger partial charge in [-0.05, 0) is 49.0 Å². The summed E-state index contributed by atoms with van der Waals surface area (Å²) in [6.45, 7) is 0. The summed E-state index contributed by atoms with van der Waals surface area (Å²) in [5, 5.41) is 11.4. The van der Waals surface area contributed by atoms with Crippen LogP contribution in [0.15, 0.2) is 48.5 Å². The third kappa shape index (κ3) is 5.48. The summed E-state index contributed by atoms with van der Waals surface area (Å²) in [7, 11) is 6.83. The Morgan fingerprint density at radius 2 is 1.56 bits per heavy atom. The van der Waals surface area contributed by atoms with Crippen LogP contribution in [0.5, 0.6) is 0 Å². The second-order valence-electron chi connectivity index (χ2n) is 8.42. The third-order valence-electron chi connectivity index (χ3n) is 6.38. The number of fused-ring (bicyclic) bond motifs is 2. The summed E-state index contributed by atoms with van der Waals surface area (Å²) in [6, 6.07) is 15.2. The molecule has 2 aromatic carbocycles. The van der Waals surface area contributed by atoms with Gasteiger partial charge in [0.05, 0.1) is 6.04 Å². The molecule has 4 aromatic rings. The van der Waals surface area contributed by atoms with Crippen LogP contribution in [0.4, 0.5) is 0 Å². The van der Waals surface area contributed by atoms with E-state index in [0.717, 1.165) is 34.3 Å². The smallest absolute Gasteiger partial charge is 0.440 e. The maximum absolute atomic E-state index is 11.9. The zero-order valence-corrected chi connectivity index (χ0v) is 24.0. The molecule has 184 valence electrons. The van der Waals surface area contributed by atoms with Crippen molar-refractivity contribution in [2.75, 3.05) is 28.2 Å². The van der Waals surface area contributed by atoms with Gasteiger partial charge in [-0.3, -0.25) is 9.59 Å². The van der Waals surface area contributed by atoms with Crippen LogP contribution in [0.25, 0.3) is 22.1 Å². The van der Waals surface area contributed by atoms with E-state index in [9.17, 15) is 9.59 Å². The number of para-hydroxylation sites is 4. The molecule has 1 saturated carbocycles. The van der Waals surface area contributed by atoms with Crippen molar-refractivity contribution in [2.45, 2.75) is 30.3 Å². The molecule has 1 unspecified atom stereocenters. The van der Waals surface area contributed by atoms with E-state index in [0.29, 0.717) is 12.2 Å². The number of amides is 2. The first-order valence-electron chi connectivity index (χ1n) is 11.5. The van der Waals surface area contributed by atoms with Crippen LogP contribution in [-0.4, -0.2) is 61.6 Å². The SMILES string of the molecule is CNC(=O)C1(NC)C[C@H]1c1nc2ccccc2[n-]1.CNC(=O)[C@H](Cc1nc2ccccc2[n-]1)NC.[Zn+2]. The number of hydrogen-bond donors (Lipinski definition) is 4. The van der Waals surface area contributed by atoms with Crippen molar-refractivity contribution in [3.63, 3.8) is 0 Å². The van der Waals surface area contributed by atoms with Gasteiger partial charge in [0.15, 0.2) is 0 Å². The fourth-order valence-corrected chi connectivity index (χ4v) is 4.25. The van der Waals surface area contributed by atoms with Crippen LogP contribution in [0.3, 0.4) is 0 Å². The van der Waals surface area contributed by atoms with Gasteiger partial charge in [-0.25, -0.2) is 0 Å². The quantitative estimate of drug-likeness (QED) is 0.249. The molecule has 0 saturated heterocycles. The Morgan fingerprint density at radius 3 is 2.08 bits per heavy atom. The molecule has 0 spiro atoms. The molecular weight excluding hydrogens is 510 g/mol. The molecule has 36 heavy (non-hydrogen) atoms. The zero-order chi connectivity index (χ0) is 25.0. The molecule has 2 amide bonds. The van der Waals surface area contributed by atoms with Gasteiger partial charge in [0.2, 0.25) is 11.8 Å². The van der Waals surface area contributed by atoms with Gasteiger partial charge in [-0.2, -0.15) is 0 Å². The van der Waals surface area contributed by atoms with Gasteiger partial charge >= 0.3 is 19.5 Å². The van der Waals surface area contributed by atoms with E-state index >= 15 is 0 Å². The molecule has 2 heterocycles. The molecule has 1 aliphatic carbocycles. The van der Waals surface area contributed by atoms with E-state index in [-0.39, 0.29) is 43.3 Å². The first-order valence-corrected chi connectivity index (χ1v) is 11.5. The summed E-state index contributed by atoms with van der Waals surface area (Å²) in [6.07, 6.45) is 1.24. The fourth-order valence-electron chi connectivity index (χ4n) is 4.25. The molecule has 0 bridgehead atoms. The monoisotopic (exact) mass is 538 g/mol. The predicted octanol–water partition coefficient (Wildman–Crippen LogP) is 0.450. The number of nitrogens with zero attached hydrogens (tertiary/aromatic N) is 4. The van der Waals surface area contributed by atoms with Crippen molar-refractivity contribution in [3.05, 3.63) is 60.2 Å². The Morgan fingerprint density at radius 1 is 0.944 bits per heavy atom. The van der Waals surface area contributed by atoms with Gasteiger partial charge in [-0.15, -0.1) is 0 Å². The third-order valence-corrected chi connectivity index (χ3v) is 6.38. The molecule has 1 fully saturated rings. The second kappa shape index (κ2) is 11.7. The van der Waals surface area contributed by atoms with Crippen LogP contribution in [0, 0.1) is 0 Å². The number of carbonyl (C=O) groups is 2. The van der Waals surface area contributed by atoms with Crippen LogP contribution in [-0.2, 0) is 35.5 Å². The molecule has 4 N–H and O–H groups in total. The van der Waals surface area contributed by atoms with Crippen LogP contribution in [0.1, 0.15) is 24.0 Å². The van der Waals surface area contributed by atoms with Crippen LogP contribution < -0.4 is 31.2 Å². The normalized spacial score (nSPS) is 19.1. The standard InChI is InChI=1S/C13H16N4O.C12H16N4O.Zn/c1-14-12(18)13(15-2)7-8(13)11-16-9-5-3-4-6-10(9)17-11;1-13-10(12(17)14-2)7-11-15-8-5-3-4-6-9(8)16-11;/h3-6,8,15H,7H2,1-2H3,(H2,14,16,17,18);3-6,10,13H,7H2,1-2H3,(H2,14,15,16,17);/q;;+2/p-2/t8-,13?;10-;/m00./s1. The van der Waals surface area contributed by atoms with Gasteiger partial charge in [0, 0.05) is 20.0 Å². The second-order valence-corrected chi connectivity index (χ2v) is 8.42. The number of nitrogens with one attached hydrogen (secondary N) is 4. The molecule has 0 radical (unpaired) electrons. The van der Waals surface area contributed by atoms with Crippen LogP contribution >= 0.6 is 0 Å². The maximum atomic E-state index is 11.9. The summed E-state index contributed by atoms with van der Waals surface area (Å²) >= 11 is 0. The van der Waals surface area contributed by atoms with Gasteiger partial charge < -0.3 is 41.2 Å². The molecule has 0 aliphatic heterocycles. The number of likely N-dealkylation sites (N-methyl/N-ethyl adjacent to an activating group) is 4. The minimum Gasteiger partial charge on any atom is -0.440 e. The van der Waals surface area contributed by atoms with Gasteiger partial charge in [-0.1, -0.05) is 60.2 Å². The Labute approximate surface area is 222 Å². The van der Waals surface area contributed by atoms with E-state index in [1.54, 1.807) is 28.2 Å². The molecular formula is C25H30N8O2Zn. The van der Waals surface area contributed by atoms with Crippen molar-refractivity contribution in [2.24, 2.45) is 0 Å². The number of carbonyl (C=O) groups excluding carboxylic acids is 2. The maximum Gasteiger partial charge on any atom is 2.00 e. The summed E-state index contributed by atoms with van der Waals surface area (Å²) in [5.74, 6) is 1.46. The average Bonchev–Trinajstić information content (AvgIpc) is 3.27.